The third-order valence-electron chi connectivity index (χ3n) is 2.77. The number of thiophene rings is 1. The average molecular weight is 288 g/mol. The number of hydrogen-bond acceptors (Lipinski definition) is 3. The first-order valence-corrected chi connectivity index (χ1v) is 6.24. The van der Waals surface area contributed by atoms with Crippen LogP contribution in [0, 0.1) is 0 Å². The van der Waals surface area contributed by atoms with Crippen molar-refractivity contribution in [1.29, 1.82) is 0 Å². The van der Waals surface area contributed by atoms with Gasteiger partial charge in [-0.05, 0) is 42.0 Å². The van der Waals surface area contributed by atoms with Gasteiger partial charge in [0.05, 0.1) is 0 Å². The fourth-order valence-corrected chi connectivity index (χ4v) is 2.20. The Morgan fingerprint density at radius 2 is 2.00 bits per heavy atom. The molecule has 1 unspecified atom stereocenters. The summed E-state index contributed by atoms with van der Waals surface area (Å²) in [7, 11) is 0. The summed E-state index contributed by atoms with van der Waals surface area (Å²) in [5.74, 6) is -1.28. The Kier molecular flexibility index (Phi) is 3.27. The molecule has 2 rings (SSSR count). The third-order valence-corrected chi connectivity index (χ3v) is 3.67. The predicted octanol–water partition coefficient (Wildman–Crippen LogP) is 3.12. The van der Waals surface area contributed by atoms with Gasteiger partial charge < -0.3 is 11.1 Å². The number of nitrogens with one attached hydrogen (secondary N) is 1. The molecule has 3 nitrogen and oxygen atoms in total. The first-order valence-electron chi connectivity index (χ1n) is 5.36. The van der Waals surface area contributed by atoms with E-state index in [0.29, 0.717) is 6.92 Å². The van der Waals surface area contributed by atoms with Crippen molar-refractivity contribution in [1.82, 2.24) is 0 Å². The molecule has 0 aliphatic carbocycles. The van der Waals surface area contributed by atoms with Crippen LogP contribution in [0.15, 0.2) is 29.6 Å². The molecule has 0 radical (unpaired) electrons. The highest BCUT2D eigenvalue weighted by atomic mass is 32.1. The van der Waals surface area contributed by atoms with Crippen LogP contribution in [0.25, 0.3) is 10.1 Å². The molecule has 7 heteroatoms. The van der Waals surface area contributed by atoms with Crippen molar-refractivity contribution in [2.24, 2.45) is 5.73 Å². The number of alkyl halides is 3. The Hall–Kier alpha value is -1.60. The average Bonchev–Trinajstić information content (AvgIpc) is 2.74. The monoisotopic (exact) mass is 288 g/mol. The standard InChI is InChI=1S/C12H11F3N2OS/c1-11(16,12(13,14)15)10(18)17-8-2-3-9-7(6-8)4-5-19-9/h2-6H,16H2,1H3,(H,17,18). The zero-order valence-electron chi connectivity index (χ0n) is 9.91. The number of fused-ring (bicyclic) bond motifs is 1. The van der Waals surface area contributed by atoms with Crippen LogP contribution < -0.4 is 11.1 Å². The predicted molar refractivity (Wildman–Crippen MR) is 69.1 cm³/mol. The molecule has 0 aliphatic heterocycles. The minimum absolute atomic E-state index is 0.289. The minimum atomic E-state index is -4.80. The van der Waals surface area contributed by atoms with Crippen LogP contribution in [0.3, 0.4) is 0 Å². The summed E-state index contributed by atoms with van der Waals surface area (Å²) in [5, 5.41) is 4.91. The highest BCUT2D eigenvalue weighted by molar-refractivity contribution is 7.17. The van der Waals surface area contributed by atoms with E-state index < -0.39 is 17.6 Å². The van der Waals surface area contributed by atoms with Crippen LogP contribution in [-0.2, 0) is 4.79 Å². The zero-order chi connectivity index (χ0) is 14.3. The zero-order valence-corrected chi connectivity index (χ0v) is 10.7. The van der Waals surface area contributed by atoms with Crippen LogP contribution in [0.5, 0.6) is 0 Å². The van der Waals surface area contributed by atoms with Gasteiger partial charge >= 0.3 is 6.18 Å². The summed E-state index contributed by atoms with van der Waals surface area (Å²) in [6, 6.07) is 6.71. The highest BCUT2D eigenvalue weighted by Crippen LogP contribution is 2.30. The van der Waals surface area contributed by atoms with Crippen molar-refractivity contribution >= 4 is 33.0 Å². The van der Waals surface area contributed by atoms with E-state index in [1.807, 2.05) is 11.4 Å². The molecule has 1 aromatic heterocycles. The lowest BCUT2D eigenvalue weighted by Gasteiger charge is -2.26. The van der Waals surface area contributed by atoms with E-state index in [4.69, 9.17) is 5.73 Å². The molecule has 0 aliphatic rings. The number of rotatable bonds is 2. The van der Waals surface area contributed by atoms with E-state index in [1.165, 1.54) is 11.3 Å². The summed E-state index contributed by atoms with van der Waals surface area (Å²) in [5.41, 5.74) is 2.41. The van der Waals surface area contributed by atoms with Crippen LogP contribution in [0.1, 0.15) is 6.92 Å². The number of halogens is 3. The molecule has 0 spiro atoms. The van der Waals surface area contributed by atoms with E-state index in [9.17, 15) is 18.0 Å². The Bertz CT molecular complexity index is 619. The van der Waals surface area contributed by atoms with Gasteiger partial charge in [0.25, 0.3) is 5.91 Å². The fourth-order valence-electron chi connectivity index (χ4n) is 1.43. The number of anilines is 1. The van der Waals surface area contributed by atoms with Gasteiger partial charge in [-0.1, -0.05) is 0 Å². The van der Waals surface area contributed by atoms with Gasteiger partial charge in [-0.3, -0.25) is 4.79 Å². The van der Waals surface area contributed by atoms with Crippen LogP contribution in [-0.4, -0.2) is 17.6 Å². The molecule has 1 amide bonds. The quantitative estimate of drug-likeness (QED) is 0.892. The van der Waals surface area contributed by atoms with E-state index in [-0.39, 0.29) is 5.69 Å². The summed E-state index contributed by atoms with van der Waals surface area (Å²) < 4.78 is 38.8. The highest BCUT2D eigenvalue weighted by Gasteiger charge is 2.53. The molecule has 1 aromatic carbocycles. The molecule has 1 heterocycles. The van der Waals surface area contributed by atoms with Gasteiger partial charge in [0.15, 0.2) is 5.54 Å². The van der Waals surface area contributed by atoms with E-state index in [1.54, 1.807) is 18.2 Å². The lowest BCUT2D eigenvalue weighted by atomic mass is 10.0. The van der Waals surface area contributed by atoms with Gasteiger partial charge in [0.1, 0.15) is 0 Å². The number of benzene rings is 1. The van der Waals surface area contributed by atoms with Crippen molar-refractivity contribution in [2.75, 3.05) is 5.32 Å². The Morgan fingerprint density at radius 3 is 2.63 bits per heavy atom. The maximum Gasteiger partial charge on any atom is 0.415 e. The van der Waals surface area contributed by atoms with Crippen molar-refractivity contribution in [2.45, 2.75) is 18.6 Å². The Balaban J connectivity index is 2.23. The number of hydrogen-bond donors (Lipinski definition) is 2. The summed E-state index contributed by atoms with van der Waals surface area (Å²) in [4.78, 5) is 11.6. The number of nitrogens with two attached hydrogens (primary N) is 1. The molecule has 102 valence electrons. The molecule has 3 N–H and O–H groups in total. The fraction of sp³-hybridized carbons (Fsp3) is 0.250. The minimum Gasteiger partial charge on any atom is -0.324 e. The molecule has 1 atom stereocenters. The van der Waals surface area contributed by atoms with Gasteiger partial charge in [-0.25, -0.2) is 0 Å². The van der Waals surface area contributed by atoms with Crippen molar-refractivity contribution in [3.05, 3.63) is 29.6 Å². The molecule has 0 saturated carbocycles. The summed E-state index contributed by atoms with van der Waals surface area (Å²) in [6.45, 7) is 0.644. The van der Waals surface area contributed by atoms with Crippen molar-refractivity contribution < 1.29 is 18.0 Å². The number of amides is 1. The molecular formula is C12H11F3N2OS. The van der Waals surface area contributed by atoms with Crippen LogP contribution in [0.4, 0.5) is 18.9 Å². The lowest BCUT2D eigenvalue weighted by molar-refractivity contribution is -0.184. The lowest BCUT2D eigenvalue weighted by Crippen LogP contribution is -2.59. The molecule has 0 fully saturated rings. The van der Waals surface area contributed by atoms with Crippen molar-refractivity contribution in [3.8, 4) is 0 Å². The van der Waals surface area contributed by atoms with Gasteiger partial charge in [0, 0.05) is 10.4 Å². The molecular weight excluding hydrogens is 277 g/mol. The Morgan fingerprint density at radius 1 is 1.32 bits per heavy atom. The van der Waals surface area contributed by atoms with Crippen LogP contribution >= 0.6 is 11.3 Å². The second-order valence-corrected chi connectivity index (χ2v) is 5.28. The summed E-state index contributed by atoms with van der Waals surface area (Å²) in [6.07, 6.45) is -4.80. The normalized spacial score (nSPS) is 15.2. The maximum atomic E-state index is 12.6. The first-order chi connectivity index (χ1) is 8.72. The largest absolute Gasteiger partial charge is 0.415 e. The number of carbonyl (C=O) groups excluding carboxylic acids is 1. The first kappa shape index (κ1) is 13.8. The Labute approximate surface area is 111 Å². The topological polar surface area (TPSA) is 55.1 Å². The second-order valence-electron chi connectivity index (χ2n) is 4.33. The van der Waals surface area contributed by atoms with Crippen molar-refractivity contribution in [3.63, 3.8) is 0 Å². The molecule has 19 heavy (non-hydrogen) atoms. The summed E-state index contributed by atoms with van der Waals surface area (Å²) >= 11 is 1.51. The van der Waals surface area contributed by atoms with E-state index in [0.717, 1.165) is 10.1 Å². The smallest absolute Gasteiger partial charge is 0.324 e. The second kappa shape index (κ2) is 4.50. The molecule has 2 aromatic rings. The third kappa shape index (κ3) is 2.57. The maximum absolute atomic E-state index is 12.6. The van der Waals surface area contributed by atoms with E-state index >= 15 is 0 Å². The molecule has 0 bridgehead atoms. The van der Waals surface area contributed by atoms with Gasteiger partial charge in [-0.15, -0.1) is 11.3 Å². The number of carbonyl (C=O) groups is 1. The van der Waals surface area contributed by atoms with Crippen LogP contribution in [0.2, 0.25) is 0 Å². The SMILES string of the molecule is CC(N)(C(=O)Nc1ccc2sccc2c1)C(F)(F)F. The van der Waals surface area contributed by atoms with Gasteiger partial charge in [-0.2, -0.15) is 13.2 Å². The van der Waals surface area contributed by atoms with E-state index in [2.05, 4.69) is 5.32 Å². The van der Waals surface area contributed by atoms with Gasteiger partial charge in [0.2, 0.25) is 0 Å². The molecule has 0 saturated heterocycles.